The zero-order valence-electron chi connectivity index (χ0n) is 25.5. The van der Waals surface area contributed by atoms with Crippen LogP contribution in [0, 0.1) is 26.7 Å². The maximum Gasteiger partial charge on any atom is 0.301 e. The molecular weight excluding hydrogens is 576 g/mol. The summed E-state index contributed by atoms with van der Waals surface area (Å²) in [6, 6.07) is 14.0. The van der Waals surface area contributed by atoms with Crippen LogP contribution in [0.25, 0.3) is 21.6 Å². The molecule has 0 aliphatic carbocycles. The maximum atomic E-state index is 13.9. The molecule has 2 aromatic carbocycles. The predicted octanol–water partition coefficient (Wildman–Crippen LogP) is 6.93. The largest absolute Gasteiger partial charge is 0.505 e. The van der Waals surface area contributed by atoms with Gasteiger partial charge in [0.1, 0.15) is 11.3 Å². The Morgan fingerprint density at radius 3 is 2.57 bits per heavy atom. The van der Waals surface area contributed by atoms with Crippen LogP contribution >= 0.6 is 11.3 Å². The summed E-state index contributed by atoms with van der Waals surface area (Å²) < 4.78 is 14.4. The molecule has 6 rings (SSSR count). The smallest absolute Gasteiger partial charge is 0.301 e. The van der Waals surface area contributed by atoms with E-state index in [1.54, 1.807) is 25.3 Å². The van der Waals surface area contributed by atoms with Gasteiger partial charge in [0, 0.05) is 6.20 Å². The van der Waals surface area contributed by atoms with Crippen molar-refractivity contribution in [2.24, 2.45) is 5.92 Å². The van der Waals surface area contributed by atoms with Crippen LogP contribution in [-0.4, -0.2) is 44.9 Å². The number of carbonyl (C=O) groups excluding carboxylic acids is 2. The Labute approximate surface area is 259 Å². The number of benzene rings is 2. The Morgan fingerprint density at radius 2 is 1.84 bits per heavy atom. The number of ether oxygens (including phenoxy) is 2. The number of imidazole rings is 1. The van der Waals surface area contributed by atoms with Crippen LogP contribution in [0.15, 0.2) is 60.3 Å². The summed E-state index contributed by atoms with van der Waals surface area (Å²) in [7, 11) is 1.55. The number of pyridine rings is 1. The van der Waals surface area contributed by atoms with Gasteiger partial charge in [-0.3, -0.25) is 14.5 Å². The number of ketones is 1. The number of amides is 1. The van der Waals surface area contributed by atoms with Crippen molar-refractivity contribution in [1.29, 1.82) is 0 Å². The second kappa shape index (κ2) is 11.4. The zero-order chi connectivity index (χ0) is 31.3. The molecule has 0 radical (unpaired) electrons. The van der Waals surface area contributed by atoms with Crippen molar-refractivity contribution in [2.75, 3.05) is 18.6 Å². The SMILES string of the molecule is COc1cc(C2/C(=C(\O)c3nc4c(C)cccn4c3C)C(=O)C(=O)N2c2nc3ccc(C)cc3s2)ccc1OCCC(C)C. The molecule has 10 heteroatoms. The Morgan fingerprint density at radius 1 is 1.05 bits per heavy atom. The van der Waals surface area contributed by atoms with E-state index in [9.17, 15) is 14.7 Å². The standard InChI is InChI=1S/C34H34N4O5S/c1-18(2)13-15-43-24-12-10-22(17-25(24)42-6)29-27(30(39)28-21(5)37-14-7-8-20(4)32(37)36-28)31(40)33(41)38(29)34-35-23-11-9-19(3)16-26(23)44-34/h7-12,14,16-18,29,39H,13,15H2,1-6H3/b30-27+. The van der Waals surface area contributed by atoms with Crippen molar-refractivity contribution in [3.63, 3.8) is 0 Å². The van der Waals surface area contributed by atoms with Crippen LogP contribution in [0.4, 0.5) is 5.13 Å². The lowest BCUT2D eigenvalue weighted by molar-refractivity contribution is -0.132. The molecule has 3 aromatic heterocycles. The van der Waals surface area contributed by atoms with Gasteiger partial charge in [-0.05, 0) is 80.1 Å². The number of hydrogen-bond donors (Lipinski definition) is 1. The number of aliphatic hydroxyl groups excluding tert-OH is 1. The molecule has 0 bridgehead atoms. The minimum Gasteiger partial charge on any atom is -0.505 e. The Hall–Kier alpha value is -4.70. The monoisotopic (exact) mass is 610 g/mol. The molecule has 226 valence electrons. The summed E-state index contributed by atoms with van der Waals surface area (Å²) in [5.41, 5.74) is 4.72. The van der Waals surface area contributed by atoms with Gasteiger partial charge < -0.3 is 19.0 Å². The number of nitrogens with zero attached hydrogens (tertiary/aromatic N) is 4. The Bertz CT molecular complexity index is 1970. The summed E-state index contributed by atoms with van der Waals surface area (Å²) in [6.07, 6.45) is 2.73. The number of carbonyl (C=O) groups is 2. The third-order valence-electron chi connectivity index (χ3n) is 7.95. The molecule has 1 aliphatic rings. The van der Waals surface area contributed by atoms with E-state index in [0.717, 1.165) is 27.8 Å². The minimum atomic E-state index is -0.986. The number of Topliss-reactive ketones (excluding diaryl/α,β-unsaturated/α-hetero) is 1. The van der Waals surface area contributed by atoms with Crippen LogP contribution in [-0.2, 0) is 9.59 Å². The molecule has 44 heavy (non-hydrogen) atoms. The minimum absolute atomic E-state index is 0.0647. The highest BCUT2D eigenvalue weighted by Gasteiger charge is 2.49. The Kier molecular flexibility index (Phi) is 7.63. The number of aliphatic hydroxyl groups is 1. The van der Waals surface area contributed by atoms with Crippen LogP contribution in [0.3, 0.4) is 0 Å². The second-order valence-electron chi connectivity index (χ2n) is 11.5. The Balaban J connectivity index is 1.54. The molecule has 1 N–H and O–H groups in total. The van der Waals surface area contributed by atoms with Gasteiger partial charge in [0.2, 0.25) is 0 Å². The normalized spacial score (nSPS) is 16.5. The van der Waals surface area contributed by atoms with Crippen LogP contribution in [0.5, 0.6) is 11.5 Å². The van der Waals surface area contributed by atoms with Gasteiger partial charge >= 0.3 is 5.91 Å². The predicted molar refractivity (Wildman–Crippen MR) is 172 cm³/mol. The summed E-state index contributed by atoms with van der Waals surface area (Å²) in [5, 5.41) is 12.2. The van der Waals surface area contributed by atoms with E-state index in [2.05, 4.69) is 13.8 Å². The highest BCUT2D eigenvalue weighted by molar-refractivity contribution is 7.22. The topological polar surface area (TPSA) is 106 Å². The summed E-state index contributed by atoms with van der Waals surface area (Å²) in [4.78, 5) is 38.5. The van der Waals surface area contributed by atoms with Gasteiger partial charge in [0.15, 0.2) is 22.4 Å². The molecule has 1 aliphatic heterocycles. The fourth-order valence-electron chi connectivity index (χ4n) is 5.52. The molecule has 0 spiro atoms. The van der Waals surface area contributed by atoms with Crippen LogP contribution in [0.1, 0.15) is 54.4 Å². The highest BCUT2D eigenvalue weighted by atomic mass is 32.1. The quantitative estimate of drug-likeness (QED) is 0.115. The number of fused-ring (bicyclic) bond motifs is 2. The van der Waals surface area contributed by atoms with Gasteiger partial charge in [-0.15, -0.1) is 0 Å². The highest BCUT2D eigenvalue weighted by Crippen LogP contribution is 2.46. The lowest BCUT2D eigenvalue weighted by atomic mass is 9.96. The number of methoxy groups -OCH3 is 1. The lowest BCUT2D eigenvalue weighted by Gasteiger charge is -2.24. The van der Waals surface area contributed by atoms with Crippen molar-refractivity contribution in [3.8, 4) is 11.5 Å². The maximum absolute atomic E-state index is 13.9. The van der Waals surface area contributed by atoms with Crippen molar-refractivity contribution in [1.82, 2.24) is 14.4 Å². The fraction of sp³-hybridized carbons (Fsp3) is 0.294. The number of aromatic nitrogens is 3. The first kappa shape index (κ1) is 29.4. The van der Waals surface area contributed by atoms with E-state index >= 15 is 0 Å². The third-order valence-corrected chi connectivity index (χ3v) is 8.97. The molecule has 4 heterocycles. The molecule has 1 saturated heterocycles. The fourth-order valence-corrected chi connectivity index (χ4v) is 6.61. The zero-order valence-corrected chi connectivity index (χ0v) is 26.4. The molecule has 1 atom stereocenters. The molecule has 1 amide bonds. The van der Waals surface area contributed by atoms with Gasteiger partial charge in [0.25, 0.3) is 5.78 Å². The molecule has 1 unspecified atom stereocenters. The lowest BCUT2D eigenvalue weighted by Crippen LogP contribution is -2.29. The number of anilines is 1. The van der Waals surface area contributed by atoms with Gasteiger partial charge in [-0.1, -0.05) is 43.4 Å². The van der Waals surface area contributed by atoms with Gasteiger partial charge in [-0.2, -0.15) is 0 Å². The molecular formula is C34H34N4O5S. The summed E-state index contributed by atoms with van der Waals surface area (Å²) in [5.74, 6) is -0.449. The van der Waals surface area contributed by atoms with E-state index in [1.807, 2.05) is 61.7 Å². The van der Waals surface area contributed by atoms with E-state index in [4.69, 9.17) is 19.4 Å². The van der Waals surface area contributed by atoms with E-state index in [0.29, 0.717) is 46.1 Å². The van der Waals surface area contributed by atoms with Crippen LogP contribution < -0.4 is 14.4 Å². The second-order valence-corrected chi connectivity index (χ2v) is 12.5. The molecule has 1 fully saturated rings. The molecule has 9 nitrogen and oxygen atoms in total. The first-order valence-corrected chi connectivity index (χ1v) is 15.3. The van der Waals surface area contributed by atoms with E-state index < -0.39 is 17.7 Å². The first-order chi connectivity index (χ1) is 21.1. The van der Waals surface area contributed by atoms with E-state index in [1.165, 1.54) is 16.2 Å². The van der Waals surface area contributed by atoms with Crippen molar-refractivity contribution >= 4 is 49.8 Å². The van der Waals surface area contributed by atoms with Crippen molar-refractivity contribution < 1.29 is 24.2 Å². The van der Waals surface area contributed by atoms with Crippen LogP contribution in [0.2, 0.25) is 0 Å². The first-order valence-electron chi connectivity index (χ1n) is 14.5. The number of rotatable bonds is 8. The number of thiazole rings is 1. The molecule has 5 aromatic rings. The van der Waals surface area contributed by atoms with E-state index in [-0.39, 0.29) is 17.0 Å². The summed E-state index contributed by atoms with van der Waals surface area (Å²) in [6.45, 7) is 10.5. The third kappa shape index (κ3) is 4.98. The average Bonchev–Trinajstić information content (AvgIpc) is 3.64. The number of aryl methyl sites for hydroxylation is 3. The summed E-state index contributed by atoms with van der Waals surface area (Å²) >= 11 is 1.32. The van der Waals surface area contributed by atoms with Crippen molar-refractivity contribution in [2.45, 2.75) is 47.1 Å². The molecule has 0 saturated carbocycles. The van der Waals surface area contributed by atoms with Gasteiger partial charge in [-0.25, -0.2) is 9.97 Å². The van der Waals surface area contributed by atoms with Gasteiger partial charge in [0.05, 0.1) is 41.2 Å². The average molecular weight is 611 g/mol. The number of hydrogen-bond acceptors (Lipinski definition) is 8. The van der Waals surface area contributed by atoms with Crippen molar-refractivity contribution in [3.05, 3.63) is 88.4 Å².